The summed E-state index contributed by atoms with van der Waals surface area (Å²) >= 11 is 0. The highest BCUT2D eigenvalue weighted by Crippen LogP contribution is 2.25. The van der Waals surface area contributed by atoms with E-state index in [1.54, 1.807) is 7.11 Å². The van der Waals surface area contributed by atoms with Gasteiger partial charge in [-0.3, -0.25) is 4.79 Å². The van der Waals surface area contributed by atoms with Gasteiger partial charge in [-0.25, -0.2) is 0 Å². The van der Waals surface area contributed by atoms with E-state index in [9.17, 15) is 4.79 Å². The maximum absolute atomic E-state index is 12.4. The quantitative estimate of drug-likeness (QED) is 0.766. The lowest BCUT2D eigenvalue weighted by Crippen LogP contribution is -2.18. The molecule has 3 aromatic rings. The summed E-state index contributed by atoms with van der Waals surface area (Å²) in [5, 5.41) is 4.11. The number of aryl methyl sites for hydroxylation is 2. The number of hydrogen-bond donors (Lipinski definition) is 1. The SMILES string of the molecule is CCc1ccc2c(ccn2CC(=O)Nc2cc(C)ccc2OC)c1. The molecule has 0 bridgehead atoms. The number of aromatic nitrogens is 1. The molecule has 4 nitrogen and oxygen atoms in total. The molecule has 124 valence electrons. The van der Waals surface area contributed by atoms with E-state index in [1.165, 1.54) is 5.56 Å². The maximum atomic E-state index is 12.4. The van der Waals surface area contributed by atoms with Crippen LogP contribution in [-0.2, 0) is 17.8 Å². The van der Waals surface area contributed by atoms with Gasteiger partial charge in [-0.1, -0.05) is 19.1 Å². The zero-order valence-electron chi connectivity index (χ0n) is 14.3. The Morgan fingerprint density at radius 1 is 1.17 bits per heavy atom. The van der Waals surface area contributed by atoms with E-state index >= 15 is 0 Å². The number of amides is 1. The average Bonchev–Trinajstić information content (AvgIpc) is 2.97. The number of carbonyl (C=O) groups excluding carboxylic acids is 1. The summed E-state index contributed by atoms with van der Waals surface area (Å²) in [5.41, 5.74) is 4.14. The van der Waals surface area contributed by atoms with Gasteiger partial charge in [-0.2, -0.15) is 0 Å². The molecule has 0 aliphatic carbocycles. The lowest BCUT2D eigenvalue weighted by Gasteiger charge is -2.12. The molecule has 3 rings (SSSR count). The highest BCUT2D eigenvalue weighted by atomic mass is 16.5. The van der Waals surface area contributed by atoms with Gasteiger partial charge in [0.05, 0.1) is 12.8 Å². The molecule has 0 saturated carbocycles. The van der Waals surface area contributed by atoms with Crippen LogP contribution in [0.25, 0.3) is 10.9 Å². The normalized spacial score (nSPS) is 10.8. The smallest absolute Gasteiger partial charge is 0.244 e. The molecular weight excluding hydrogens is 300 g/mol. The van der Waals surface area contributed by atoms with E-state index in [0.717, 1.165) is 22.9 Å². The lowest BCUT2D eigenvalue weighted by atomic mass is 10.1. The Morgan fingerprint density at radius 2 is 2.00 bits per heavy atom. The Morgan fingerprint density at radius 3 is 2.75 bits per heavy atom. The van der Waals surface area contributed by atoms with Gasteiger partial charge in [0, 0.05) is 11.7 Å². The first-order valence-electron chi connectivity index (χ1n) is 8.13. The Labute approximate surface area is 142 Å². The molecule has 0 unspecified atom stereocenters. The largest absolute Gasteiger partial charge is 0.495 e. The monoisotopic (exact) mass is 322 g/mol. The molecule has 2 aromatic carbocycles. The molecule has 0 atom stereocenters. The first-order valence-corrected chi connectivity index (χ1v) is 8.13. The van der Waals surface area contributed by atoms with Crippen LogP contribution in [0.5, 0.6) is 5.75 Å². The Kier molecular flexibility index (Phi) is 4.56. The first kappa shape index (κ1) is 16.1. The molecular formula is C20H22N2O2. The average molecular weight is 322 g/mol. The van der Waals surface area contributed by atoms with Crippen LogP contribution >= 0.6 is 0 Å². The van der Waals surface area contributed by atoms with Crippen molar-refractivity contribution in [1.29, 1.82) is 0 Å². The minimum atomic E-state index is -0.0732. The van der Waals surface area contributed by atoms with Gasteiger partial charge in [0.15, 0.2) is 0 Å². The van der Waals surface area contributed by atoms with Crippen molar-refractivity contribution in [2.75, 3.05) is 12.4 Å². The number of nitrogens with one attached hydrogen (secondary N) is 1. The molecule has 24 heavy (non-hydrogen) atoms. The third kappa shape index (κ3) is 3.27. The fraction of sp³-hybridized carbons (Fsp3) is 0.250. The molecule has 4 heteroatoms. The maximum Gasteiger partial charge on any atom is 0.244 e. The van der Waals surface area contributed by atoms with Crippen LogP contribution in [0, 0.1) is 6.92 Å². The van der Waals surface area contributed by atoms with Crippen LogP contribution in [0.1, 0.15) is 18.1 Å². The summed E-state index contributed by atoms with van der Waals surface area (Å²) in [5.74, 6) is 0.592. The molecule has 0 aliphatic rings. The van der Waals surface area contributed by atoms with Crippen LogP contribution in [0.4, 0.5) is 5.69 Å². The molecule has 0 saturated heterocycles. The van der Waals surface area contributed by atoms with Crippen molar-refractivity contribution < 1.29 is 9.53 Å². The number of ether oxygens (including phenoxy) is 1. The van der Waals surface area contributed by atoms with Gasteiger partial charge >= 0.3 is 0 Å². The molecule has 1 heterocycles. The first-order chi connectivity index (χ1) is 11.6. The van der Waals surface area contributed by atoms with Crippen molar-refractivity contribution in [3.8, 4) is 5.75 Å². The summed E-state index contributed by atoms with van der Waals surface area (Å²) in [4.78, 5) is 12.4. The lowest BCUT2D eigenvalue weighted by molar-refractivity contribution is -0.116. The molecule has 1 amide bonds. The van der Waals surface area contributed by atoms with Crippen LogP contribution in [0.3, 0.4) is 0 Å². The molecule has 0 aliphatic heterocycles. The minimum Gasteiger partial charge on any atom is -0.495 e. The number of nitrogens with zero attached hydrogens (tertiary/aromatic N) is 1. The van der Waals surface area contributed by atoms with Gasteiger partial charge in [-0.05, 0) is 60.2 Å². The van der Waals surface area contributed by atoms with E-state index in [0.29, 0.717) is 11.4 Å². The van der Waals surface area contributed by atoms with Gasteiger partial charge < -0.3 is 14.6 Å². The minimum absolute atomic E-state index is 0.0732. The van der Waals surface area contributed by atoms with Gasteiger partial charge in [0.2, 0.25) is 5.91 Å². The van der Waals surface area contributed by atoms with Crippen molar-refractivity contribution in [2.45, 2.75) is 26.8 Å². The van der Waals surface area contributed by atoms with Crippen LogP contribution in [0.15, 0.2) is 48.7 Å². The van der Waals surface area contributed by atoms with Crippen LogP contribution in [0.2, 0.25) is 0 Å². The van der Waals surface area contributed by atoms with Gasteiger partial charge in [-0.15, -0.1) is 0 Å². The number of rotatable bonds is 5. The van der Waals surface area contributed by atoms with Gasteiger partial charge in [0.1, 0.15) is 12.3 Å². The van der Waals surface area contributed by atoms with Crippen LogP contribution < -0.4 is 10.1 Å². The molecule has 0 spiro atoms. The number of anilines is 1. The summed E-state index contributed by atoms with van der Waals surface area (Å²) in [7, 11) is 1.60. The number of benzene rings is 2. The van der Waals surface area contributed by atoms with E-state index in [1.807, 2.05) is 35.9 Å². The van der Waals surface area contributed by atoms with Gasteiger partial charge in [0.25, 0.3) is 0 Å². The fourth-order valence-electron chi connectivity index (χ4n) is 2.87. The Balaban J connectivity index is 1.79. The molecule has 1 aromatic heterocycles. The van der Waals surface area contributed by atoms with Crippen molar-refractivity contribution >= 4 is 22.5 Å². The predicted molar refractivity (Wildman–Crippen MR) is 97.7 cm³/mol. The highest BCUT2D eigenvalue weighted by Gasteiger charge is 2.10. The van der Waals surface area contributed by atoms with E-state index in [4.69, 9.17) is 4.74 Å². The van der Waals surface area contributed by atoms with E-state index in [-0.39, 0.29) is 12.5 Å². The zero-order chi connectivity index (χ0) is 17.1. The third-order valence-corrected chi connectivity index (χ3v) is 4.19. The molecule has 0 fully saturated rings. The van der Waals surface area contributed by atoms with E-state index in [2.05, 4.69) is 36.5 Å². The molecule has 1 N–H and O–H groups in total. The van der Waals surface area contributed by atoms with Crippen molar-refractivity contribution in [3.63, 3.8) is 0 Å². The topological polar surface area (TPSA) is 43.3 Å². The van der Waals surface area contributed by atoms with Crippen molar-refractivity contribution in [3.05, 3.63) is 59.8 Å². The number of carbonyl (C=O) groups is 1. The van der Waals surface area contributed by atoms with E-state index < -0.39 is 0 Å². The number of methoxy groups -OCH3 is 1. The second-order valence-electron chi connectivity index (χ2n) is 5.94. The molecule has 0 radical (unpaired) electrons. The van der Waals surface area contributed by atoms with Crippen molar-refractivity contribution in [2.24, 2.45) is 0 Å². The van der Waals surface area contributed by atoms with Crippen LogP contribution in [-0.4, -0.2) is 17.6 Å². The Bertz CT molecular complexity index is 880. The highest BCUT2D eigenvalue weighted by molar-refractivity contribution is 5.93. The summed E-state index contributed by atoms with van der Waals surface area (Å²) in [6.07, 6.45) is 2.96. The third-order valence-electron chi connectivity index (χ3n) is 4.19. The standard InChI is InChI=1S/C20H22N2O2/c1-4-15-6-7-18-16(12-15)9-10-22(18)13-20(23)21-17-11-14(2)5-8-19(17)24-3/h5-12H,4,13H2,1-3H3,(H,21,23). The summed E-state index contributed by atoms with van der Waals surface area (Å²) in [6, 6.07) is 14.1. The summed E-state index contributed by atoms with van der Waals surface area (Å²) < 4.78 is 7.28. The van der Waals surface area contributed by atoms with Crippen molar-refractivity contribution in [1.82, 2.24) is 4.57 Å². The zero-order valence-corrected chi connectivity index (χ0v) is 14.3. The number of fused-ring (bicyclic) bond motifs is 1. The summed E-state index contributed by atoms with van der Waals surface area (Å²) in [6.45, 7) is 4.40. The second kappa shape index (κ2) is 6.79. The Hall–Kier alpha value is -2.75. The number of hydrogen-bond acceptors (Lipinski definition) is 2. The fourth-order valence-corrected chi connectivity index (χ4v) is 2.87. The second-order valence-corrected chi connectivity index (χ2v) is 5.94. The predicted octanol–water partition coefficient (Wildman–Crippen LogP) is 4.16.